The largest absolute Gasteiger partial charge is 0.494 e. The minimum absolute atomic E-state index is 0.00242. The van der Waals surface area contributed by atoms with Crippen molar-refractivity contribution in [1.29, 1.82) is 0 Å². The lowest BCUT2D eigenvalue weighted by atomic mass is 10.0. The molecular formula is C12H19NO3. The molecular weight excluding hydrogens is 206 g/mol. The first kappa shape index (κ1) is 13.0. The van der Waals surface area contributed by atoms with Crippen LogP contribution in [0.5, 0.6) is 5.75 Å². The average Bonchev–Trinajstić information content (AvgIpc) is 2.29. The second-order valence-corrected chi connectivity index (χ2v) is 4.22. The van der Waals surface area contributed by atoms with Gasteiger partial charge in [-0.25, -0.2) is 0 Å². The van der Waals surface area contributed by atoms with E-state index in [2.05, 4.69) is 0 Å². The number of hydrogen-bond acceptors (Lipinski definition) is 4. The van der Waals surface area contributed by atoms with Crippen LogP contribution in [0.15, 0.2) is 24.3 Å². The van der Waals surface area contributed by atoms with E-state index >= 15 is 0 Å². The molecule has 4 heteroatoms. The van der Waals surface area contributed by atoms with Crippen LogP contribution in [0, 0.1) is 0 Å². The summed E-state index contributed by atoms with van der Waals surface area (Å²) >= 11 is 0. The molecule has 1 rings (SSSR count). The summed E-state index contributed by atoms with van der Waals surface area (Å²) in [6, 6.07) is 7.26. The molecule has 0 aliphatic rings. The van der Waals surface area contributed by atoms with Crippen molar-refractivity contribution >= 4 is 0 Å². The Bertz CT molecular complexity index is 326. The Hall–Kier alpha value is -1.10. The van der Waals surface area contributed by atoms with Gasteiger partial charge in [0, 0.05) is 12.0 Å². The molecule has 1 aromatic carbocycles. The average molecular weight is 225 g/mol. The van der Waals surface area contributed by atoms with Crippen LogP contribution >= 0.6 is 0 Å². The molecule has 4 nitrogen and oxygen atoms in total. The van der Waals surface area contributed by atoms with Gasteiger partial charge >= 0.3 is 0 Å². The molecule has 0 fully saturated rings. The van der Waals surface area contributed by atoms with E-state index in [0.717, 1.165) is 5.56 Å². The van der Waals surface area contributed by atoms with Crippen molar-refractivity contribution < 1.29 is 14.9 Å². The van der Waals surface area contributed by atoms with Crippen molar-refractivity contribution in [3.05, 3.63) is 29.8 Å². The highest BCUT2D eigenvalue weighted by Gasteiger charge is 2.16. The maximum absolute atomic E-state index is 8.96. The molecule has 0 amide bonds. The topological polar surface area (TPSA) is 75.7 Å². The molecule has 0 bridgehead atoms. The molecule has 0 spiro atoms. The van der Waals surface area contributed by atoms with Gasteiger partial charge < -0.3 is 20.7 Å². The molecule has 1 unspecified atom stereocenters. The number of aliphatic hydroxyl groups is 2. The molecule has 1 aromatic rings. The Morgan fingerprint density at radius 2 is 2.12 bits per heavy atom. The van der Waals surface area contributed by atoms with Gasteiger partial charge in [0.1, 0.15) is 5.75 Å². The maximum Gasteiger partial charge on any atom is 0.119 e. The molecule has 0 aliphatic carbocycles. The number of benzene rings is 1. The van der Waals surface area contributed by atoms with Crippen molar-refractivity contribution in [2.75, 3.05) is 13.2 Å². The molecule has 0 radical (unpaired) electrons. The summed E-state index contributed by atoms with van der Waals surface area (Å²) in [5, 5.41) is 17.9. The van der Waals surface area contributed by atoms with Crippen LogP contribution in [0.25, 0.3) is 0 Å². The highest BCUT2D eigenvalue weighted by molar-refractivity contribution is 5.27. The number of aliphatic hydroxyl groups excluding tert-OH is 2. The van der Waals surface area contributed by atoms with Gasteiger partial charge in [-0.3, -0.25) is 0 Å². The monoisotopic (exact) mass is 225 g/mol. The highest BCUT2D eigenvalue weighted by Crippen LogP contribution is 2.14. The smallest absolute Gasteiger partial charge is 0.119 e. The lowest BCUT2D eigenvalue weighted by Gasteiger charge is -2.21. The Kier molecular flexibility index (Phi) is 4.73. The fourth-order valence-electron chi connectivity index (χ4n) is 1.21. The second-order valence-electron chi connectivity index (χ2n) is 4.22. The molecule has 4 N–H and O–H groups in total. The maximum atomic E-state index is 8.96. The quantitative estimate of drug-likeness (QED) is 0.664. The minimum Gasteiger partial charge on any atom is -0.494 e. The zero-order valence-corrected chi connectivity index (χ0v) is 9.52. The first-order valence-electron chi connectivity index (χ1n) is 5.30. The van der Waals surface area contributed by atoms with E-state index in [1.165, 1.54) is 0 Å². The summed E-state index contributed by atoms with van der Waals surface area (Å²) in [5.41, 5.74) is 5.98. The number of rotatable bonds is 6. The Labute approximate surface area is 95.7 Å². The van der Waals surface area contributed by atoms with Gasteiger partial charge in [-0.15, -0.1) is 0 Å². The Morgan fingerprint density at radius 3 is 2.75 bits per heavy atom. The summed E-state index contributed by atoms with van der Waals surface area (Å²) < 4.78 is 5.48. The lowest BCUT2D eigenvalue weighted by Crippen LogP contribution is -2.41. The van der Waals surface area contributed by atoms with Crippen LogP contribution in [-0.4, -0.2) is 29.0 Å². The van der Waals surface area contributed by atoms with Gasteiger partial charge in [0.2, 0.25) is 0 Å². The first-order chi connectivity index (χ1) is 7.57. The van der Waals surface area contributed by atoms with Crippen molar-refractivity contribution in [3.8, 4) is 5.75 Å². The molecule has 0 aliphatic heterocycles. The fraction of sp³-hybridized carbons (Fsp3) is 0.500. The molecule has 0 aromatic heterocycles. The van der Waals surface area contributed by atoms with Crippen LogP contribution in [0.4, 0.5) is 0 Å². The van der Waals surface area contributed by atoms with E-state index in [9.17, 15) is 0 Å². The summed E-state index contributed by atoms with van der Waals surface area (Å²) in [6.45, 7) is 2.17. The summed E-state index contributed by atoms with van der Waals surface area (Å²) in [5.74, 6) is 0.709. The molecule has 16 heavy (non-hydrogen) atoms. The van der Waals surface area contributed by atoms with Crippen molar-refractivity contribution in [2.45, 2.75) is 25.5 Å². The van der Waals surface area contributed by atoms with E-state index in [-0.39, 0.29) is 13.2 Å². The van der Waals surface area contributed by atoms with E-state index < -0.39 is 5.54 Å². The van der Waals surface area contributed by atoms with Gasteiger partial charge in [-0.1, -0.05) is 12.1 Å². The summed E-state index contributed by atoms with van der Waals surface area (Å²) in [6.07, 6.45) is 0.576. The van der Waals surface area contributed by atoms with Gasteiger partial charge in [0.15, 0.2) is 0 Å². The summed E-state index contributed by atoms with van der Waals surface area (Å²) in [4.78, 5) is 0. The standard InChI is InChI=1S/C12H19NO3/c1-12(13,9-15)5-6-16-11-4-2-3-10(7-11)8-14/h2-4,7,14-15H,5-6,8-9,13H2,1H3. The fourth-order valence-corrected chi connectivity index (χ4v) is 1.21. The van der Waals surface area contributed by atoms with Crippen LogP contribution < -0.4 is 10.5 Å². The summed E-state index contributed by atoms with van der Waals surface area (Å²) in [7, 11) is 0. The van der Waals surface area contributed by atoms with Crippen LogP contribution in [0.2, 0.25) is 0 Å². The molecule has 0 saturated carbocycles. The molecule has 90 valence electrons. The van der Waals surface area contributed by atoms with Crippen LogP contribution in [-0.2, 0) is 6.61 Å². The zero-order valence-electron chi connectivity index (χ0n) is 9.52. The molecule has 0 saturated heterocycles. The van der Waals surface area contributed by atoms with E-state index in [4.69, 9.17) is 20.7 Å². The normalized spacial score (nSPS) is 14.5. The van der Waals surface area contributed by atoms with E-state index in [1.54, 1.807) is 13.0 Å². The number of nitrogens with two attached hydrogens (primary N) is 1. The predicted molar refractivity (Wildman–Crippen MR) is 62.2 cm³/mol. The SMILES string of the molecule is CC(N)(CO)CCOc1cccc(CO)c1. The second kappa shape index (κ2) is 5.84. The van der Waals surface area contributed by atoms with E-state index in [0.29, 0.717) is 18.8 Å². The zero-order chi connectivity index (χ0) is 12.0. The van der Waals surface area contributed by atoms with Gasteiger partial charge in [-0.05, 0) is 24.6 Å². The van der Waals surface area contributed by atoms with Gasteiger partial charge in [-0.2, -0.15) is 0 Å². The Morgan fingerprint density at radius 1 is 1.38 bits per heavy atom. The van der Waals surface area contributed by atoms with Crippen molar-refractivity contribution in [2.24, 2.45) is 5.73 Å². The van der Waals surface area contributed by atoms with Crippen molar-refractivity contribution in [3.63, 3.8) is 0 Å². The highest BCUT2D eigenvalue weighted by atomic mass is 16.5. The van der Waals surface area contributed by atoms with Gasteiger partial charge in [0.05, 0.1) is 19.8 Å². The third kappa shape index (κ3) is 4.18. The number of ether oxygens (including phenoxy) is 1. The number of hydrogen-bond donors (Lipinski definition) is 3. The van der Waals surface area contributed by atoms with Crippen LogP contribution in [0.3, 0.4) is 0 Å². The van der Waals surface area contributed by atoms with Crippen LogP contribution in [0.1, 0.15) is 18.9 Å². The van der Waals surface area contributed by atoms with Gasteiger partial charge in [0.25, 0.3) is 0 Å². The molecule has 0 heterocycles. The van der Waals surface area contributed by atoms with E-state index in [1.807, 2.05) is 18.2 Å². The third-order valence-corrected chi connectivity index (χ3v) is 2.38. The lowest BCUT2D eigenvalue weighted by molar-refractivity contribution is 0.175. The minimum atomic E-state index is -0.603. The predicted octanol–water partition coefficient (Wildman–Crippen LogP) is 0.657. The third-order valence-electron chi connectivity index (χ3n) is 2.38. The first-order valence-corrected chi connectivity index (χ1v) is 5.30. The molecule has 1 atom stereocenters. The van der Waals surface area contributed by atoms with Crippen molar-refractivity contribution in [1.82, 2.24) is 0 Å². The Balaban J connectivity index is 2.42.